The molecule has 0 aliphatic carbocycles. The molecule has 0 unspecified atom stereocenters. The van der Waals surface area contributed by atoms with Gasteiger partial charge in [-0.15, -0.1) is 10.2 Å². The highest BCUT2D eigenvalue weighted by Gasteiger charge is 2.14. The molecule has 5 nitrogen and oxygen atoms in total. The second-order valence-corrected chi connectivity index (χ2v) is 7.17. The largest absolute Gasteiger partial charge is 0.353 e. The smallest absolute Gasteiger partial charge is 0.208 e. The molecule has 0 radical (unpaired) electrons. The van der Waals surface area contributed by atoms with Crippen molar-refractivity contribution in [1.29, 1.82) is 0 Å². The van der Waals surface area contributed by atoms with Crippen molar-refractivity contribution in [3.05, 3.63) is 15.9 Å². The summed E-state index contributed by atoms with van der Waals surface area (Å²) in [5.41, 5.74) is 2.23. The zero-order chi connectivity index (χ0) is 14.0. The van der Waals surface area contributed by atoms with Crippen molar-refractivity contribution in [2.24, 2.45) is 0 Å². The third-order valence-electron chi connectivity index (χ3n) is 2.56. The molecule has 0 saturated carbocycles. The molecule has 0 fully saturated rings. The Morgan fingerprint density at radius 3 is 2.68 bits per heavy atom. The predicted octanol–water partition coefficient (Wildman–Crippen LogP) is 3.18. The summed E-state index contributed by atoms with van der Waals surface area (Å²) in [6.45, 7) is 4.99. The normalized spacial score (nSPS) is 11.0. The van der Waals surface area contributed by atoms with E-state index in [1.165, 1.54) is 5.69 Å². The maximum Gasteiger partial charge on any atom is 0.208 e. The molecule has 2 rings (SSSR count). The van der Waals surface area contributed by atoms with Gasteiger partial charge in [0.25, 0.3) is 0 Å². The summed E-state index contributed by atoms with van der Waals surface area (Å²) >= 11 is 6.91. The molecule has 0 aromatic carbocycles. The summed E-state index contributed by atoms with van der Waals surface area (Å²) in [4.78, 5) is 1.97. The monoisotopic (exact) mass is 361 g/mol. The van der Waals surface area contributed by atoms with Crippen LogP contribution in [0.3, 0.4) is 0 Å². The second-order valence-electron chi connectivity index (χ2n) is 4.20. The van der Waals surface area contributed by atoms with Gasteiger partial charge in [-0.1, -0.05) is 23.1 Å². The van der Waals surface area contributed by atoms with Gasteiger partial charge in [-0.05, 0) is 29.8 Å². The molecular weight excluding hydrogens is 346 g/mol. The standard InChI is InChI=1S/C11H16BrN5S2/c1-5-17-8(9(12)7(2)15-17)6-18-11-14-13-10(19-11)16(3)4/h5-6H2,1-4H3. The fraction of sp³-hybridized carbons (Fsp3) is 0.545. The molecule has 8 heteroatoms. The van der Waals surface area contributed by atoms with E-state index in [-0.39, 0.29) is 0 Å². The number of aryl methyl sites for hydroxylation is 2. The molecule has 0 bridgehead atoms. The third-order valence-corrected chi connectivity index (χ3v) is 5.83. The first-order valence-corrected chi connectivity index (χ1v) is 8.47. The summed E-state index contributed by atoms with van der Waals surface area (Å²) in [6, 6.07) is 0. The van der Waals surface area contributed by atoms with Gasteiger partial charge in [0.2, 0.25) is 5.13 Å². The number of hydrogen-bond acceptors (Lipinski definition) is 6. The maximum absolute atomic E-state index is 4.49. The molecule has 2 aromatic rings. The molecule has 0 aliphatic heterocycles. The quantitative estimate of drug-likeness (QED) is 0.765. The minimum absolute atomic E-state index is 0.845. The van der Waals surface area contributed by atoms with E-state index in [1.807, 2.05) is 30.6 Å². The zero-order valence-corrected chi connectivity index (χ0v) is 14.6. The minimum atomic E-state index is 0.845. The van der Waals surface area contributed by atoms with Crippen molar-refractivity contribution < 1.29 is 0 Å². The van der Waals surface area contributed by atoms with Gasteiger partial charge in [-0.3, -0.25) is 4.68 Å². The van der Waals surface area contributed by atoms with Crippen LogP contribution in [0, 0.1) is 6.92 Å². The molecular formula is C11H16BrN5S2. The van der Waals surface area contributed by atoms with Gasteiger partial charge in [-0.2, -0.15) is 5.10 Å². The Kier molecular flexibility index (Phi) is 4.86. The zero-order valence-electron chi connectivity index (χ0n) is 11.3. The van der Waals surface area contributed by atoms with Crippen LogP contribution < -0.4 is 4.90 Å². The first-order chi connectivity index (χ1) is 9.02. The van der Waals surface area contributed by atoms with Gasteiger partial charge in [0.15, 0.2) is 4.34 Å². The molecule has 0 atom stereocenters. The van der Waals surface area contributed by atoms with Gasteiger partial charge in [-0.25, -0.2) is 0 Å². The highest BCUT2D eigenvalue weighted by Crippen LogP contribution is 2.32. The number of nitrogens with zero attached hydrogens (tertiary/aromatic N) is 5. The van der Waals surface area contributed by atoms with E-state index in [0.717, 1.165) is 31.9 Å². The van der Waals surface area contributed by atoms with E-state index in [1.54, 1.807) is 23.1 Å². The van der Waals surface area contributed by atoms with E-state index in [2.05, 4.69) is 38.1 Å². The summed E-state index contributed by atoms with van der Waals surface area (Å²) in [5, 5.41) is 13.7. The predicted molar refractivity (Wildman–Crippen MR) is 84.1 cm³/mol. The van der Waals surface area contributed by atoms with Crippen LogP contribution in [0.25, 0.3) is 0 Å². The first-order valence-electron chi connectivity index (χ1n) is 5.88. The van der Waals surface area contributed by atoms with Crippen LogP contribution in [0.2, 0.25) is 0 Å². The molecule has 0 spiro atoms. The number of thioether (sulfide) groups is 1. The lowest BCUT2D eigenvalue weighted by Gasteiger charge is -2.04. The molecule has 19 heavy (non-hydrogen) atoms. The van der Waals surface area contributed by atoms with Crippen LogP contribution in [0.4, 0.5) is 5.13 Å². The van der Waals surface area contributed by atoms with Crippen molar-refractivity contribution in [2.75, 3.05) is 19.0 Å². The maximum atomic E-state index is 4.49. The van der Waals surface area contributed by atoms with Crippen LogP contribution in [0.1, 0.15) is 18.3 Å². The molecule has 104 valence electrons. The highest BCUT2D eigenvalue weighted by atomic mass is 79.9. The number of aromatic nitrogens is 4. The highest BCUT2D eigenvalue weighted by molar-refractivity contribution is 9.10. The average molecular weight is 362 g/mol. The number of rotatable bonds is 5. The lowest BCUT2D eigenvalue weighted by molar-refractivity contribution is 0.631. The van der Waals surface area contributed by atoms with Gasteiger partial charge in [0.1, 0.15) is 0 Å². The molecule has 2 heterocycles. The first kappa shape index (κ1) is 14.8. The molecule has 0 saturated heterocycles. The second kappa shape index (κ2) is 6.23. The number of hydrogen-bond donors (Lipinski definition) is 0. The van der Waals surface area contributed by atoms with Crippen LogP contribution in [0.15, 0.2) is 8.81 Å². The van der Waals surface area contributed by atoms with E-state index >= 15 is 0 Å². The van der Waals surface area contributed by atoms with Crippen LogP contribution in [-0.2, 0) is 12.3 Å². The van der Waals surface area contributed by atoms with Gasteiger partial charge in [0, 0.05) is 26.4 Å². The summed E-state index contributed by atoms with van der Waals surface area (Å²) in [5.74, 6) is 0.845. The van der Waals surface area contributed by atoms with Crippen molar-refractivity contribution in [3.8, 4) is 0 Å². The molecule has 0 aliphatic rings. The Bertz CT molecular complexity index is 563. The Morgan fingerprint density at radius 2 is 2.11 bits per heavy atom. The van der Waals surface area contributed by atoms with Crippen molar-refractivity contribution >= 4 is 44.2 Å². The third kappa shape index (κ3) is 3.29. The average Bonchev–Trinajstić information content (AvgIpc) is 2.94. The molecule has 2 aromatic heterocycles. The van der Waals surface area contributed by atoms with E-state index < -0.39 is 0 Å². The fourth-order valence-electron chi connectivity index (χ4n) is 1.58. The topological polar surface area (TPSA) is 46.8 Å². The Morgan fingerprint density at radius 1 is 1.37 bits per heavy atom. The number of anilines is 1. The van der Waals surface area contributed by atoms with E-state index in [0.29, 0.717) is 0 Å². The van der Waals surface area contributed by atoms with Crippen molar-refractivity contribution in [1.82, 2.24) is 20.0 Å². The van der Waals surface area contributed by atoms with Gasteiger partial charge in [0.05, 0.1) is 15.9 Å². The lowest BCUT2D eigenvalue weighted by atomic mass is 10.4. The molecule has 0 N–H and O–H groups in total. The van der Waals surface area contributed by atoms with Crippen LogP contribution in [-0.4, -0.2) is 34.1 Å². The molecule has 0 amide bonds. The summed E-state index contributed by atoms with van der Waals surface area (Å²) in [7, 11) is 3.95. The minimum Gasteiger partial charge on any atom is -0.353 e. The Labute approximate surface area is 129 Å². The SMILES string of the molecule is CCn1nc(C)c(Br)c1CSc1nnc(N(C)C)s1. The lowest BCUT2D eigenvalue weighted by Crippen LogP contribution is -2.07. The van der Waals surface area contributed by atoms with Crippen molar-refractivity contribution in [2.45, 2.75) is 30.5 Å². The van der Waals surface area contributed by atoms with Crippen LogP contribution >= 0.6 is 39.0 Å². The van der Waals surface area contributed by atoms with Gasteiger partial charge >= 0.3 is 0 Å². The summed E-state index contributed by atoms with van der Waals surface area (Å²) < 4.78 is 4.11. The Balaban J connectivity index is 2.09. The summed E-state index contributed by atoms with van der Waals surface area (Å²) in [6.07, 6.45) is 0. The van der Waals surface area contributed by atoms with Crippen molar-refractivity contribution in [3.63, 3.8) is 0 Å². The Hall–Kier alpha value is -0.600. The van der Waals surface area contributed by atoms with E-state index in [4.69, 9.17) is 0 Å². The van der Waals surface area contributed by atoms with Crippen LogP contribution in [0.5, 0.6) is 0 Å². The van der Waals surface area contributed by atoms with E-state index in [9.17, 15) is 0 Å². The fourth-order valence-corrected chi connectivity index (χ4v) is 3.98. The van der Waals surface area contributed by atoms with Gasteiger partial charge < -0.3 is 4.90 Å². The number of halogens is 1.